The molecule has 0 bridgehead atoms. The highest BCUT2D eigenvalue weighted by Crippen LogP contribution is 2.31. The Morgan fingerprint density at radius 1 is 1.16 bits per heavy atom. The van der Waals surface area contributed by atoms with Crippen LogP contribution in [0.15, 0.2) is 46.9 Å². The van der Waals surface area contributed by atoms with E-state index >= 15 is 0 Å². The normalized spacial score (nSPS) is 14.0. The van der Waals surface area contributed by atoms with E-state index in [-0.39, 0.29) is 0 Å². The predicted molar refractivity (Wildman–Crippen MR) is 84.7 cm³/mol. The van der Waals surface area contributed by atoms with Gasteiger partial charge in [-0.15, -0.1) is 0 Å². The molecule has 3 rings (SSSR count). The summed E-state index contributed by atoms with van der Waals surface area (Å²) in [5.41, 5.74) is 3.42. The number of aryl methyl sites for hydroxylation is 1. The van der Waals surface area contributed by atoms with E-state index in [0.29, 0.717) is 5.17 Å². The van der Waals surface area contributed by atoms with Gasteiger partial charge in [-0.1, -0.05) is 33.6 Å². The van der Waals surface area contributed by atoms with Gasteiger partial charge in [-0.05, 0) is 49.5 Å². The van der Waals surface area contributed by atoms with E-state index in [9.17, 15) is 0 Å². The molecule has 0 saturated carbocycles. The van der Waals surface area contributed by atoms with E-state index in [0.717, 1.165) is 28.0 Å². The van der Waals surface area contributed by atoms with Gasteiger partial charge in [0, 0.05) is 15.7 Å². The first-order valence-corrected chi connectivity index (χ1v) is 7.18. The zero-order valence-corrected chi connectivity index (χ0v) is 12.8. The third-order valence-electron chi connectivity index (χ3n) is 3.11. The Hall–Kier alpha value is -1.39. The maximum atomic E-state index is 5.72. The van der Waals surface area contributed by atoms with E-state index in [4.69, 9.17) is 17.0 Å². The summed E-state index contributed by atoms with van der Waals surface area (Å²) in [6.07, 6.45) is 0. The largest absolute Gasteiger partial charge is 0.431 e. The number of anilines is 1. The first-order valence-electron chi connectivity index (χ1n) is 5.98. The topological polar surface area (TPSA) is 12.5 Å². The maximum absolute atomic E-state index is 5.72. The van der Waals surface area contributed by atoms with Crippen LogP contribution in [0.3, 0.4) is 0 Å². The quantitative estimate of drug-likeness (QED) is 0.716. The van der Waals surface area contributed by atoms with Crippen molar-refractivity contribution in [3.63, 3.8) is 0 Å². The second-order valence-corrected chi connectivity index (χ2v) is 5.81. The maximum Gasteiger partial charge on any atom is 0.269 e. The number of hydrogen-bond acceptors (Lipinski definition) is 2. The monoisotopic (exact) mass is 333 g/mol. The number of ether oxygens (including phenoxy) is 1. The molecular weight excluding hydrogens is 322 g/mol. The van der Waals surface area contributed by atoms with Crippen molar-refractivity contribution < 1.29 is 4.74 Å². The molecule has 0 aliphatic carbocycles. The van der Waals surface area contributed by atoms with Crippen molar-refractivity contribution in [1.29, 1.82) is 0 Å². The van der Waals surface area contributed by atoms with Crippen LogP contribution < -0.4 is 9.64 Å². The van der Waals surface area contributed by atoms with E-state index in [2.05, 4.69) is 53.2 Å². The van der Waals surface area contributed by atoms with E-state index in [1.165, 1.54) is 5.56 Å². The minimum Gasteiger partial charge on any atom is -0.431 e. The zero-order valence-electron chi connectivity index (χ0n) is 10.4. The van der Waals surface area contributed by atoms with Crippen LogP contribution in [0.5, 0.6) is 5.75 Å². The average molecular weight is 334 g/mol. The smallest absolute Gasteiger partial charge is 0.269 e. The molecule has 0 atom stereocenters. The minimum absolute atomic E-state index is 0.499. The van der Waals surface area contributed by atoms with Crippen LogP contribution in [0, 0.1) is 6.92 Å². The molecule has 0 unspecified atom stereocenters. The minimum atomic E-state index is 0.499. The number of halogens is 1. The lowest BCUT2D eigenvalue weighted by atomic mass is 10.1. The first kappa shape index (κ1) is 12.6. The molecule has 1 aliphatic heterocycles. The molecule has 0 spiro atoms. The number of benzene rings is 2. The summed E-state index contributed by atoms with van der Waals surface area (Å²) in [6, 6.07) is 14.3. The van der Waals surface area contributed by atoms with Gasteiger partial charge in [-0.2, -0.15) is 0 Å². The summed E-state index contributed by atoms with van der Waals surface area (Å²) >= 11 is 8.83. The molecule has 0 N–H and O–H groups in total. The van der Waals surface area contributed by atoms with Gasteiger partial charge in [0.05, 0.1) is 6.54 Å². The van der Waals surface area contributed by atoms with Crippen molar-refractivity contribution in [3.8, 4) is 5.75 Å². The van der Waals surface area contributed by atoms with Gasteiger partial charge in [0.2, 0.25) is 0 Å². The van der Waals surface area contributed by atoms with Crippen LogP contribution in [0.25, 0.3) is 0 Å². The highest BCUT2D eigenvalue weighted by molar-refractivity contribution is 9.10. The lowest BCUT2D eigenvalue weighted by molar-refractivity contribution is 0.517. The Labute approximate surface area is 126 Å². The highest BCUT2D eigenvalue weighted by Gasteiger charge is 2.23. The van der Waals surface area contributed by atoms with Crippen LogP contribution in [0.1, 0.15) is 11.1 Å². The average Bonchev–Trinajstić information content (AvgIpc) is 2.40. The predicted octanol–water partition coefficient (Wildman–Crippen LogP) is 4.44. The van der Waals surface area contributed by atoms with Crippen LogP contribution in [-0.2, 0) is 6.54 Å². The van der Waals surface area contributed by atoms with Gasteiger partial charge in [-0.3, -0.25) is 4.90 Å². The fourth-order valence-corrected chi connectivity index (χ4v) is 2.74. The fraction of sp³-hybridized carbons (Fsp3) is 0.133. The van der Waals surface area contributed by atoms with Gasteiger partial charge >= 0.3 is 0 Å². The summed E-state index contributed by atoms with van der Waals surface area (Å²) in [7, 11) is 0. The number of nitrogens with zero attached hydrogens (tertiary/aromatic N) is 1. The molecule has 2 nitrogen and oxygen atoms in total. The van der Waals surface area contributed by atoms with Crippen molar-refractivity contribution in [2.45, 2.75) is 13.5 Å². The SMILES string of the molecule is Cc1ccc(N2Cc3cc(Br)ccc3OC2=S)cc1. The number of rotatable bonds is 1. The van der Waals surface area contributed by atoms with Crippen LogP contribution >= 0.6 is 28.1 Å². The van der Waals surface area contributed by atoms with Crippen molar-refractivity contribution >= 4 is 39.0 Å². The number of thiocarbonyl (C=S) groups is 1. The third-order valence-corrected chi connectivity index (χ3v) is 3.91. The Morgan fingerprint density at radius 3 is 2.63 bits per heavy atom. The Bertz CT molecular complexity index is 639. The summed E-state index contributed by atoms with van der Waals surface area (Å²) in [4.78, 5) is 2.00. The van der Waals surface area contributed by atoms with E-state index < -0.39 is 0 Å². The molecule has 0 radical (unpaired) electrons. The summed E-state index contributed by atoms with van der Waals surface area (Å²) in [5.74, 6) is 0.844. The molecule has 0 aromatic heterocycles. The van der Waals surface area contributed by atoms with E-state index in [1.54, 1.807) is 0 Å². The molecular formula is C15H12BrNOS. The lowest BCUT2D eigenvalue weighted by Gasteiger charge is -2.30. The fourth-order valence-electron chi connectivity index (χ4n) is 2.08. The molecule has 0 fully saturated rings. The molecule has 0 amide bonds. The van der Waals surface area contributed by atoms with Crippen molar-refractivity contribution in [1.82, 2.24) is 0 Å². The van der Waals surface area contributed by atoms with Gasteiger partial charge in [0.15, 0.2) is 0 Å². The lowest BCUT2D eigenvalue weighted by Crippen LogP contribution is -2.36. The standard InChI is InChI=1S/C15H12BrNOS/c1-10-2-5-13(6-3-10)17-9-11-8-12(16)4-7-14(11)18-15(17)19/h2-8H,9H2,1H3. The number of hydrogen-bond donors (Lipinski definition) is 0. The molecule has 96 valence electrons. The summed E-state index contributed by atoms with van der Waals surface area (Å²) in [5, 5.41) is 0.499. The molecule has 0 saturated heterocycles. The highest BCUT2D eigenvalue weighted by atomic mass is 79.9. The van der Waals surface area contributed by atoms with Crippen LogP contribution in [-0.4, -0.2) is 5.17 Å². The van der Waals surface area contributed by atoms with Crippen molar-refractivity contribution in [2.75, 3.05) is 4.90 Å². The van der Waals surface area contributed by atoms with Crippen molar-refractivity contribution in [3.05, 3.63) is 58.1 Å². The summed E-state index contributed by atoms with van der Waals surface area (Å²) in [6.45, 7) is 2.80. The molecule has 4 heteroatoms. The van der Waals surface area contributed by atoms with E-state index in [1.807, 2.05) is 17.0 Å². The third kappa shape index (κ3) is 2.51. The Balaban J connectivity index is 1.96. The van der Waals surface area contributed by atoms with Gasteiger partial charge in [0.1, 0.15) is 5.75 Å². The summed E-state index contributed by atoms with van der Waals surface area (Å²) < 4.78 is 6.77. The number of fused-ring (bicyclic) bond motifs is 1. The Kier molecular flexibility index (Phi) is 3.29. The molecule has 19 heavy (non-hydrogen) atoms. The zero-order chi connectivity index (χ0) is 13.4. The molecule has 2 aromatic carbocycles. The first-order chi connectivity index (χ1) is 9.13. The molecule has 1 aliphatic rings. The van der Waals surface area contributed by atoms with Crippen molar-refractivity contribution in [2.24, 2.45) is 0 Å². The van der Waals surface area contributed by atoms with Crippen LogP contribution in [0.4, 0.5) is 5.69 Å². The van der Waals surface area contributed by atoms with Gasteiger partial charge in [0.25, 0.3) is 5.17 Å². The second-order valence-electron chi connectivity index (χ2n) is 4.54. The molecule has 2 aromatic rings. The Morgan fingerprint density at radius 2 is 1.89 bits per heavy atom. The van der Waals surface area contributed by atoms with Crippen LogP contribution in [0.2, 0.25) is 0 Å². The molecule has 1 heterocycles. The van der Waals surface area contributed by atoms with Gasteiger partial charge < -0.3 is 4.74 Å². The second kappa shape index (κ2) is 4.94. The van der Waals surface area contributed by atoms with Gasteiger partial charge in [-0.25, -0.2) is 0 Å².